The number of benzene rings is 1. The standard InChI is InChI=1S/C10H15NO3/c1-13-7-3-4-10(14-2)8(5-7)9(11)6-12/h3-5,9,12H,6,11H2,1-2H3. The van der Waals surface area contributed by atoms with Crippen molar-refractivity contribution in [3.8, 4) is 11.5 Å². The number of methoxy groups -OCH3 is 2. The average Bonchev–Trinajstić information content (AvgIpc) is 2.27. The molecule has 14 heavy (non-hydrogen) atoms. The first-order chi connectivity index (χ1) is 6.72. The number of ether oxygens (including phenoxy) is 2. The molecule has 3 N–H and O–H groups in total. The number of hydrogen-bond acceptors (Lipinski definition) is 4. The van der Waals surface area contributed by atoms with E-state index in [9.17, 15) is 0 Å². The molecule has 4 heteroatoms. The highest BCUT2D eigenvalue weighted by atomic mass is 16.5. The van der Waals surface area contributed by atoms with Gasteiger partial charge in [0.15, 0.2) is 0 Å². The molecule has 78 valence electrons. The molecule has 0 fully saturated rings. The van der Waals surface area contributed by atoms with E-state index in [-0.39, 0.29) is 6.61 Å². The summed E-state index contributed by atoms with van der Waals surface area (Å²) in [6.45, 7) is -0.122. The Balaban J connectivity index is 3.08. The van der Waals surface area contributed by atoms with E-state index < -0.39 is 6.04 Å². The van der Waals surface area contributed by atoms with Crippen LogP contribution in [0.1, 0.15) is 11.6 Å². The maximum atomic E-state index is 8.95. The number of aliphatic hydroxyl groups is 1. The van der Waals surface area contributed by atoms with Crippen molar-refractivity contribution in [2.24, 2.45) is 5.73 Å². The first kappa shape index (κ1) is 10.8. The summed E-state index contributed by atoms with van der Waals surface area (Å²) in [5.41, 5.74) is 6.45. The Labute approximate surface area is 83.3 Å². The highest BCUT2D eigenvalue weighted by molar-refractivity contribution is 5.42. The van der Waals surface area contributed by atoms with Crippen molar-refractivity contribution in [2.75, 3.05) is 20.8 Å². The minimum Gasteiger partial charge on any atom is -0.497 e. The van der Waals surface area contributed by atoms with Gasteiger partial charge in [0.2, 0.25) is 0 Å². The van der Waals surface area contributed by atoms with Gasteiger partial charge in [0.25, 0.3) is 0 Å². The van der Waals surface area contributed by atoms with Gasteiger partial charge in [-0.05, 0) is 18.2 Å². The Morgan fingerprint density at radius 3 is 2.57 bits per heavy atom. The molecular formula is C10H15NO3. The van der Waals surface area contributed by atoms with E-state index in [2.05, 4.69) is 0 Å². The third kappa shape index (κ3) is 2.16. The smallest absolute Gasteiger partial charge is 0.123 e. The molecule has 1 atom stereocenters. The van der Waals surface area contributed by atoms with E-state index in [0.29, 0.717) is 11.5 Å². The van der Waals surface area contributed by atoms with Crippen molar-refractivity contribution in [1.82, 2.24) is 0 Å². The molecule has 0 aliphatic carbocycles. The van der Waals surface area contributed by atoms with Crippen LogP contribution in [0.25, 0.3) is 0 Å². The fourth-order valence-corrected chi connectivity index (χ4v) is 1.23. The zero-order valence-corrected chi connectivity index (χ0v) is 8.36. The lowest BCUT2D eigenvalue weighted by Crippen LogP contribution is -2.15. The molecule has 0 saturated carbocycles. The van der Waals surface area contributed by atoms with Crippen molar-refractivity contribution in [3.63, 3.8) is 0 Å². The van der Waals surface area contributed by atoms with Gasteiger partial charge in [-0.3, -0.25) is 0 Å². The second kappa shape index (κ2) is 4.83. The SMILES string of the molecule is COc1ccc(OC)c(C(N)CO)c1. The molecule has 0 radical (unpaired) electrons. The van der Waals surface area contributed by atoms with Crippen LogP contribution in [0.2, 0.25) is 0 Å². The lowest BCUT2D eigenvalue weighted by atomic mass is 10.1. The van der Waals surface area contributed by atoms with Gasteiger partial charge in [-0.1, -0.05) is 0 Å². The highest BCUT2D eigenvalue weighted by Gasteiger charge is 2.11. The predicted molar refractivity (Wildman–Crippen MR) is 53.6 cm³/mol. The van der Waals surface area contributed by atoms with Gasteiger partial charge >= 0.3 is 0 Å². The van der Waals surface area contributed by atoms with E-state index in [1.54, 1.807) is 32.4 Å². The topological polar surface area (TPSA) is 64.7 Å². The monoisotopic (exact) mass is 197 g/mol. The van der Waals surface area contributed by atoms with Crippen LogP contribution in [0.3, 0.4) is 0 Å². The molecule has 1 rings (SSSR count). The molecule has 0 aliphatic rings. The molecule has 0 aliphatic heterocycles. The number of hydrogen-bond donors (Lipinski definition) is 2. The van der Waals surface area contributed by atoms with E-state index in [0.717, 1.165) is 5.56 Å². The van der Waals surface area contributed by atoms with E-state index >= 15 is 0 Å². The van der Waals surface area contributed by atoms with Crippen molar-refractivity contribution in [2.45, 2.75) is 6.04 Å². The van der Waals surface area contributed by atoms with Crippen LogP contribution in [0, 0.1) is 0 Å². The number of rotatable bonds is 4. The van der Waals surface area contributed by atoms with Crippen molar-refractivity contribution >= 4 is 0 Å². The van der Waals surface area contributed by atoms with Gasteiger partial charge in [-0.15, -0.1) is 0 Å². The molecule has 0 saturated heterocycles. The van der Waals surface area contributed by atoms with Crippen LogP contribution in [0.15, 0.2) is 18.2 Å². The van der Waals surface area contributed by atoms with Crippen molar-refractivity contribution in [1.29, 1.82) is 0 Å². The van der Waals surface area contributed by atoms with Gasteiger partial charge in [0, 0.05) is 5.56 Å². The first-order valence-electron chi connectivity index (χ1n) is 4.31. The van der Waals surface area contributed by atoms with Gasteiger partial charge in [0.05, 0.1) is 26.9 Å². The Hall–Kier alpha value is -1.26. The largest absolute Gasteiger partial charge is 0.497 e. The molecule has 0 bridgehead atoms. The van der Waals surface area contributed by atoms with Crippen LogP contribution in [0.4, 0.5) is 0 Å². The Morgan fingerprint density at radius 2 is 2.07 bits per heavy atom. The molecular weight excluding hydrogens is 182 g/mol. The second-order valence-corrected chi connectivity index (χ2v) is 2.90. The first-order valence-corrected chi connectivity index (χ1v) is 4.31. The second-order valence-electron chi connectivity index (χ2n) is 2.90. The highest BCUT2D eigenvalue weighted by Crippen LogP contribution is 2.27. The summed E-state index contributed by atoms with van der Waals surface area (Å²) in [4.78, 5) is 0. The fourth-order valence-electron chi connectivity index (χ4n) is 1.23. The summed E-state index contributed by atoms with van der Waals surface area (Å²) in [5, 5.41) is 8.95. The minimum absolute atomic E-state index is 0.122. The maximum Gasteiger partial charge on any atom is 0.123 e. The van der Waals surface area contributed by atoms with Crippen molar-refractivity contribution in [3.05, 3.63) is 23.8 Å². The zero-order valence-electron chi connectivity index (χ0n) is 8.36. The zero-order chi connectivity index (χ0) is 10.6. The quantitative estimate of drug-likeness (QED) is 0.745. The van der Waals surface area contributed by atoms with Crippen molar-refractivity contribution < 1.29 is 14.6 Å². The summed E-state index contributed by atoms with van der Waals surface area (Å²) in [6.07, 6.45) is 0. The van der Waals surface area contributed by atoms with Gasteiger partial charge in [-0.25, -0.2) is 0 Å². The summed E-state index contributed by atoms with van der Waals surface area (Å²) >= 11 is 0. The number of nitrogens with two attached hydrogens (primary N) is 1. The minimum atomic E-state index is -0.444. The Bertz CT molecular complexity index is 301. The third-order valence-electron chi connectivity index (χ3n) is 2.03. The molecule has 1 aromatic carbocycles. The lowest BCUT2D eigenvalue weighted by molar-refractivity contribution is 0.264. The Kier molecular flexibility index (Phi) is 3.73. The molecule has 1 unspecified atom stereocenters. The molecule has 0 spiro atoms. The number of aliphatic hydroxyl groups excluding tert-OH is 1. The lowest BCUT2D eigenvalue weighted by Gasteiger charge is -2.14. The van der Waals surface area contributed by atoms with Crippen LogP contribution in [-0.2, 0) is 0 Å². The molecule has 1 aromatic rings. The molecule has 0 heterocycles. The fraction of sp³-hybridized carbons (Fsp3) is 0.400. The van der Waals surface area contributed by atoms with Gasteiger partial charge < -0.3 is 20.3 Å². The summed E-state index contributed by atoms with van der Waals surface area (Å²) in [7, 11) is 3.14. The molecule has 0 aromatic heterocycles. The van der Waals surface area contributed by atoms with Crippen LogP contribution < -0.4 is 15.2 Å². The summed E-state index contributed by atoms with van der Waals surface area (Å²) in [5.74, 6) is 1.36. The van der Waals surface area contributed by atoms with E-state index in [1.807, 2.05) is 0 Å². The Morgan fingerprint density at radius 1 is 1.36 bits per heavy atom. The van der Waals surface area contributed by atoms with Crippen LogP contribution in [0.5, 0.6) is 11.5 Å². The molecule has 4 nitrogen and oxygen atoms in total. The maximum absolute atomic E-state index is 8.95. The van der Waals surface area contributed by atoms with E-state index in [4.69, 9.17) is 20.3 Å². The average molecular weight is 197 g/mol. The predicted octanol–water partition coefficient (Wildman–Crippen LogP) is 0.696. The van der Waals surface area contributed by atoms with E-state index in [1.165, 1.54) is 0 Å². The van der Waals surface area contributed by atoms with Crippen LogP contribution >= 0.6 is 0 Å². The summed E-state index contributed by atoms with van der Waals surface area (Å²) in [6, 6.07) is 4.87. The van der Waals surface area contributed by atoms with Gasteiger partial charge in [0.1, 0.15) is 11.5 Å². The third-order valence-corrected chi connectivity index (χ3v) is 2.03. The summed E-state index contributed by atoms with van der Waals surface area (Å²) < 4.78 is 10.2. The normalized spacial score (nSPS) is 12.3. The van der Waals surface area contributed by atoms with Gasteiger partial charge in [-0.2, -0.15) is 0 Å². The van der Waals surface area contributed by atoms with Crippen LogP contribution in [-0.4, -0.2) is 25.9 Å². The molecule has 0 amide bonds.